The fourth-order valence-electron chi connectivity index (χ4n) is 1.41. The third-order valence-electron chi connectivity index (χ3n) is 2.00. The Morgan fingerprint density at radius 2 is 2.00 bits per heavy atom. The monoisotopic (exact) mass is 191 g/mol. The van der Waals surface area contributed by atoms with Crippen LogP contribution in [0.4, 0.5) is 0 Å². The van der Waals surface area contributed by atoms with E-state index < -0.39 is 0 Å². The molecular formula is C11H17N3. The lowest BCUT2D eigenvalue weighted by atomic mass is 10.2. The lowest BCUT2D eigenvalue weighted by molar-refractivity contribution is 0.967. The van der Waals surface area contributed by atoms with Gasteiger partial charge < -0.3 is 0 Å². The first-order chi connectivity index (χ1) is 6.81. The standard InChI is InChI=1S/C9H11N3.C2H6/c1-3-8-4-7(2)5-9-11-10-6-12(8)9;1-2/h4-6H,3H2,1-2H3;1-2H3. The molecule has 0 amide bonds. The van der Waals surface area contributed by atoms with E-state index in [0.29, 0.717) is 0 Å². The van der Waals surface area contributed by atoms with Crippen molar-refractivity contribution in [1.82, 2.24) is 14.6 Å². The van der Waals surface area contributed by atoms with Gasteiger partial charge in [0.15, 0.2) is 5.65 Å². The summed E-state index contributed by atoms with van der Waals surface area (Å²) < 4.78 is 2.02. The van der Waals surface area contributed by atoms with Gasteiger partial charge in [0.2, 0.25) is 0 Å². The molecule has 0 spiro atoms. The number of hydrogen-bond acceptors (Lipinski definition) is 2. The van der Waals surface area contributed by atoms with Crippen molar-refractivity contribution in [1.29, 1.82) is 0 Å². The van der Waals surface area contributed by atoms with Gasteiger partial charge in [0.25, 0.3) is 0 Å². The largest absolute Gasteiger partial charge is 0.286 e. The van der Waals surface area contributed by atoms with Gasteiger partial charge in [-0.2, -0.15) is 0 Å². The summed E-state index contributed by atoms with van der Waals surface area (Å²) in [7, 11) is 0. The van der Waals surface area contributed by atoms with Gasteiger partial charge in [-0.1, -0.05) is 20.8 Å². The highest BCUT2D eigenvalue weighted by molar-refractivity contribution is 5.41. The smallest absolute Gasteiger partial charge is 0.161 e. The Kier molecular flexibility index (Phi) is 3.63. The Bertz CT molecular complexity index is 404. The van der Waals surface area contributed by atoms with Crippen LogP contribution in [0, 0.1) is 6.92 Å². The van der Waals surface area contributed by atoms with Crippen molar-refractivity contribution >= 4 is 5.65 Å². The minimum atomic E-state index is 0.937. The first kappa shape index (κ1) is 10.7. The van der Waals surface area contributed by atoms with Crippen LogP contribution in [0.3, 0.4) is 0 Å². The number of rotatable bonds is 1. The summed E-state index contributed by atoms with van der Waals surface area (Å²) in [6.07, 6.45) is 2.77. The zero-order valence-electron chi connectivity index (χ0n) is 9.28. The van der Waals surface area contributed by atoms with Crippen LogP contribution in [0.15, 0.2) is 18.5 Å². The number of hydrogen-bond donors (Lipinski definition) is 0. The van der Waals surface area contributed by atoms with Crippen molar-refractivity contribution in [3.05, 3.63) is 29.7 Å². The van der Waals surface area contributed by atoms with E-state index >= 15 is 0 Å². The van der Waals surface area contributed by atoms with Gasteiger partial charge in [-0.05, 0) is 31.0 Å². The lowest BCUT2D eigenvalue weighted by Crippen LogP contribution is -1.94. The Balaban J connectivity index is 0.000000461. The van der Waals surface area contributed by atoms with E-state index in [0.717, 1.165) is 12.1 Å². The molecule has 0 bridgehead atoms. The fourth-order valence-corrected chi connectivity index (χ4v) is 1.41. The van der Waals surface area contributed by atoms with E-state index in [9.17, 15) is 0 Å². The van der Waals surface area contributed by atoms with E-state index in [1.807, 2.05) is 24.3 Å². The second-order valence-electron chi connectivity index (χ2n) is 2.94. The first-order valence-corrected chi connectivity index (χ1v) is 5.10. The molecule has 0 unspecified atom stereocenters. The van der Waals surface area contributed by atoms with Gasteiger partial charge in [0, 0.05) is 5.69 Å². The zero-order valence-corrected chi connectivity index (χ0v) is 9.28. The molecule has 3 heteroatoms. The highest BCUT2D eigenvalue weighted by Crippen LogP contribution is 2.08. The maximum atomic E-state index is 4.00. The summed E-state index contributed by atoms with van der Waals surface area (Å²) in [5, 5.41) is 7.87. The molecule has 0 aliphatic carbocycles. The third kappa shape index (κ3) is 1.92. The molecule has 2 aromatic rings. The van der Waals surface area contributed by atoms with E-state index in [1.54, 1.807) is 6.33 Å². The van der Waals surface area contributed by atoms with E-state index in [-0.39, 0.29) is 0 Å². The number of pyridine rings is 1. The number of fused-ring (bicyclic) bond motifs is 1. The van der Waals surface area contributed by atoms with Crippen LogP contribution >= 0.6 is 0 Å². The van der Waals surface area contributed by atoms with Gasteiger partial charge >= 0.3 is 0 Å². The maximum Gasteiger partial charge on any atom is 0.161 e. The van der Waals surface area contributed by atoms with Crippen LogP contribution < -0.4 is 0 Å². The summed E-state index contributed by atoms with van der Waals surface area (Å²) >= 11 is 0. The van der Waals surface area contributed by atoms with Crippen LogP contribution in [-0.2, 0) is 6.42 Å². The molecule has 0 aliphatic heterocycles. The lowest BCUT2D eigenvalue weighted by Gasteiger charge is -2.02. The number of aryl methyl sites for hydroxylation is 2. The Hall–Kier alpha value is -1.38. The maximum absolute atomic E-state index is 4.00. The van der Waals surface area contributed by atoms with Crippen LogP contribution in [-0.4, -0.2) is 14.6 Å². The average Bonchev–Trinajstić information content (AvgIpc) is 2.67. The van der Waals surface area contributed by atoms with Crippen molar-refractivity contribution in [2.45, 2.75) is 34.1 Å². The summed E-state index contributed by atoms with van der Waals surface area (Å²) in [6.45, 7) is 8.21. The molecular weight excluding hydrogens is 174 g/mol. The second kappa shape index (κ2) is 4.74. The molecule has 2 heterocycles. The van der Waals surface area contributed by atoms with Gasteiger partial charge in [0.05, 0.1) is 0 Å². The molecule has 0 aromatic carbocycles. The van der Waals surface area contributed by atoms with Crippen LogP contribution in [0.25, 0.3) is 5.65 Å². The summed E-state index contributed by atoms with van der Waals surface area (Å²) in [5.74, 6) is 0. The predicted octanol–water partition coefficient (Wildman–Crippen LogP) is 2.63. The average molecular weight is 191 g/mol. The minimum Gasteiger partial charge on any atom is -0.286 e. The van der Waals surface area contributed by atoms with E-state index in [1.165, 1.54) is 11.3 Å². The highest BCUT2D eigenvalue weighted by atomic mass is 15.2. The molecule has 2 aromatic heterocycles. The van der Waals surface area contributed by atoms with Crippen LogP contribution in [0.1, 0.15) is 32.0 Å². The fraction of sp³-hybridized carbons (Fsp3) is 0.455. The molecule has 2 rings (SSSR count). The first-order valence-electron chi connectivity index (χ1n) is 5.10. The molecule has 14 heavy (non-hydrogen) atoms. The normalized spacial score (nSPS) is 9.71. The van der Waals surface area contributed by atoms with Crippen molar-refractivity contribution in [3.63, 3.8) is 0 Å². The van der Waals surface area contributed by atoms with Crippen molar-refractivity contribution < 1.29 is 0 Å². The Morgan fingerprint density at radius 3 is 2.64 bits per heavy atom. The summed E-state index contributed by atoms with van der Waals surface area (Å²) in [6, 6.07) is 4.20. The molecule has 3 nitrogen and oxygen atoms in total. The second-order valence-corrected chi connectivity index (χ2v) is 2.94. The summed E-state index contributed by atoms with van der Waals surface area (Å²) in [4.78, 5) is 0. The number of aromatic nitrogens is 3. The van der Waals surface area contributed by atoms with Crippen LogP contribution in [0.2, 0.25) is 0 Å². The van der Waals surface area contributed by atoms with E-state index in [4.69, 9.17) is 0 Å². The van der Waals surface area contributed by atoms with E-state index in [2.05, 4.69) is 30.1 Å². The topological polar surface area (TPSA) is 30.2 Å². The molecule has 76 valence electrons. The molecule has 0 saturated heterocycles. The van der Waals surface area contributed by atoms with Gasteiger partial charge in [0.1, 0.15) is 6.33 Å². The number of nitrogens with zero attached hydrogens (tertiary/aromatic N) is 3. The Morgan fingerprint density at radius 1 is 1.29 bits per heavy atom. The highest BCUT2D eigenvalue weighted by Gasteiger charge is 2.00. The molecule has 0 radical (unpaired) electrons. The zero-order chi connectivity index (χ0) is 10.6. The summed E-state index contributed by atoms with van der Waals surface area (Å²) in [5.41, 5.74) is 3.44. The molecule has 0 saturated carbocycles. The van der Waals surface area contributed by atoms with Gasteiger partial charge in [-0.15, -0.1) is 10.2 Å². The third-order valence-corrected chi connectivity index (χ3v) is 2.00. The van der Waals surface area contributed by atoms with Crippen molar-refractivity contribution in [2.24, 2.45) is 0 Å². The Labute approximate surface area is 84.8 Å². The molecule has 0 aliphatic rings. The van der Waals surface area contributed by atoms with Crippen LogP contribution in [0.5, 0.6) is 0 Å². The van der Waals surface area contributed by atoms with Crippen molar-refractivity contribution in [2.75, 3.05) is 0 Å². The molecule has 0 atom stereocenters. The van der Waals surface area contributed by atoms with Gasteiger partial charge in [-0.25, -0.2) is 0 Å². The quantitative estimate of drug-likeness (QED) is 0.693. The SMILES string of the molecule is CC.CCc1cc(C)cc2nncn12. The van der Waals surface area contributed by atoms with Gasteiger partial charge in [-0.3, -0.25) is 4.40 Å². The predicted molar refractivity (Wildman–Crippen MR) is 58.5 cm³/mol. The van der Waals surface area contributed by atoms with Crippen molar-refractivity contribution in [3.8, 4) is 0 Å². The minimum absolute atomic E-state index is 0.937. The molecule has 0 N–H and O–H groups in total. The molecule has 0 fully saturated rings.